The lowest BCUT2D eigenvalue weighted by Crippen LogP contribution is -2.30. The molecule has 0 N–H and O–H groups in total. The molecule has 2 fully saturated rings. The van der Waals surface area contributed by atoms with E-state index in [1.54, 1.807) is 0 Å². The van der Waals surface area contributed by atoms with Crippen molar-refractivity contribution >= 4 is 0 Å². The molecule has 0 aromatic heterocycles. The Kier molecular flexibility index (Phi) is 6.73. The van der Waals surface area contributed by atoms with Gasteiger partial charge in [-0.1, -0.05) is 18.7 Å². The molecule has 2 saturated carbocycles. The summed E-state index contributed by atoms with van der Waals surface area (Å²) in [5, 5.41) is 0. The highest BCUT2D eigenvalue weighted by molar-refractivity contribution is 5.66. The molecule has 0 heterocycles. The molecule has 2 aliphatic carbocycles. The Labute approximate surface area is 186 Å². The highest BCUT2D eigenvalue weighted by Crippen LogP contribution is 2.48. The van der Waals surface area contributed by atoms with E-state index in [9.17, 15) is 8.78 Å². The monoisotopic (exact) mass is 444 g/mol. The SMILES string of the molecule is C=CCOc1c(F)cc(-c2c(F)cc(C3CCC4CC(C=C)CCC4C3)cc2F)cc1F. The average Bonchev–Trinajstić information content (AvgIpc) is 2.77. The molecule has 0 radical (unpaired) electrons. The quantitative estimate of drug-likeness (QED) is 0.324. The van der Waals surface area contributed by atoms with Crippen LogP contribution in [0.25, 0.3) is 11.1 Å². The summed E-state index contributed by atoms with van der Waals surface area (Å²) < 4.78 is 63.6. The smallest absolute Gasteiger partial charge is 0.191 e. The van der Waals surface area contributed by atoms with Crippen LogP contribution in [0.1, 0.15) is 50.0 Å². The number of benzene rings is 2. The minimum Gasteiger partial charge on any atom is -0.483 e. The maximum absolute atomic E-state index is 15.0. The van der Waals surface area contributed by atoms with Crippen LogP contribution in [0.2, 0.25) is 0 Å². The molecule has 0 saturated heterocycles. The van der Waals surface area contributed by atoms with Crippen LogP contribution in [0, 0.1) is 41.0 Å². The molecule has 2 aliphatic rings. The zero-order valence-corrected chi connectivity index (χ0v) is 18.1. The molecule has 0 aliphatic heterocycles. The molecule has 0 spiro atoms. The molecule has 170 valence electrons. The van der Waals surface area contributed by atoms with Gasteiger partial charge in [0.2, 0.25) is 0 Å². The Hall–Kier alpha value is -2.56. The van der Waals surface area contributed by atoms with E-state index in [4.69, 9.17) is 4.74 Å². The van der Waals surface area contributed by atoms with Crippen molar-refractivity contribution in [2.45, 2.75) is 44.4 Å². The van der Waals surface area contributed by atoms with E-state index < -0.39 is 34.6 Å². The van der Waals surface area contributed by atoms with Crippen LogP contribution in [0.15, 0.2) is 49.6 Å². The number of ether oxygens (including phenoxy) is 1. The van der Waals surface area contributed by atoms with E-state index in [1.807, 2.05) is 0 Å². The van der Waals surface area contributed by atoms with Crippen LogP contribution >= 0.6 is 0 Å². The number of rotatable bonds is 6. The van der Waals surface area contributed by atoms with Crippen LogP contribution in [-0.2, 0) is 0 Å². The van der Waals surface area contributed by atoms with Gasteiger partial charge in [-0.3, -0.25) is 0 Å². The van der Waals surface area contributed by atoms with E-state index in [0.717, 1.165) is 50.7 Å². The fraction of sp³-hybridized carbons (Fsp3) is 0.407. The number of allylic oxidation sites excluding steroid dienone is 1. The van der Waals surface area contributed by atoms with Gasteiger partial charge in [0.05, 0.1) is 5.56 Å². The van der Waals surface area contributed by atoms with Gasteiger partial charge in [-0.15, -0.1) is 6.58 Å². The van der Waals surface area contributed by atoms with E-state index in [1.165, 1.54) is 18.2 Å². The lowest BCUT2D eigenvalue weighted by atomic mass is 9.64. The second-order valence-electron chi connectivity index (χ2n) is 9.07. The Morgan fingerprint density at radius 3 is 2.06 bits per heavy atom. The average molecular weight is 445 g/mol. The summed E-state index contributed by atoms with van der Waals surface area (Å²) in [6.45, 7) is 7.27. The third-order valence-electron chi connectivity index (χ3n) is 7.16. The van der Waals surface area contributed by atoms with Crippen molar-refractivity contribution in [3.05, 3.63) is 78.4 Å². The molecule has 4 atom stereocenters. The van der Waals surface area contributed by atoms with Crippen LogP contribution in [-0.4, -0.2) is 6.61 Å². The van der Waals surface area contributed by atoms with Crippen molar-refractivity contribution in [1.29, 1.82) is 0 Å². The van der Waals surface area contributed by atoms with Crippen molar-refractivity contribution in [1.82, 2.24) is 0 Å². The third kappa shape index (κ3) is 4.48. The van der Waals surface area contributed by atoms with E-state index >= 15 is 8.78 Å². The van der Waals surface area contributed by atoms with Gasteiger partial charge in [-0.25, -0.2) is 17.6 Å². The van der Waals surface area contributed by atoms with Gasteiger partial charge >= 0.3 is 0 Å². The highest BCUT2D eigenvalue weighted by atomic mass is 19.1. The minimum atomic E-state index is -1.02. The molecule has 5 heteroatoms. The fourth-order valence-electron chi connectivity index (χ4n) is 5.53. The molecule has 0 bridgehead atoms. The van der Waals surface area contributed by atoms with Gasteiger partial charge in [0.25, 0.3) is 0 Å². The Morgan fingerprint density at radius 1 is 0.812 bits per heavy atom. The lowest BCUT2D eigenvalue weighted by Gasteiger charge is -2.41. The summed E-state index contributed by atoms with van der Waals surface area (Å²) in [7, 11) is 0. The molecule has 4 rings (SSSR count). The van der Waals surface area contributed by atoms with Crippen LogP contribution in [0.3, 0.4) is 0 Å². The summed E-state index contributed by atoms with van der Waals surface area (Å²) in [5.41, 5.74) is 0.000816. The maximum atomic E-state index is 15.0. The second kappa shape index (κ2) is 9.51. The zero-order valence-electron chi connectivity index (χ0n) is 18.1. The first kappa shape index (κ1) is 22.6. The van der Waals surface area contributed by atoms with Crippen molar-refractivity contribution in [3.63, 3.8) is 0 Å². The molecule has 32 heavy (non-hydrogen) atoms. The molecular formula is C27H28F4O. The maximum Gasteiger partial charge on any atom is 0.191 e. The summed E-state index contributed by atoms with van der Waals surface area (Å²) in [6.07, 6.45) is 9.67. The number of hydrogen-bond acceptors (Lipinski definition) is 1. The Morgan fingerprint density at radius 2 is 1.44 bits per heavy atom. The first-order valence-electron chi connectivity index (χ1n) is 11.3. The van der Waals surface area contributed by atoms with Gasteiger partial charge in [-0.2, -0.15) is 0 Å². The normalized spacial score (nSPS) is 25.1. The molecule has 2 aromatic carbocycles. The van der Waals surface area contributed by atoms with E-state index in [0.29, 0.717) is 23.3 Å². The predicted molar refractivity (Wildman–Crippen MR) is 119 cm³/mol. The lowest BCUT2D eigenvalue weighted by molar-refractivity contribution is 0.133. The summed E-state index contributed by atoms with van der Waals surface area (Å²) in [4.78, 5) is 0. The van der Waals surface area contributed by atoms with E-state index in [-0.39, 0.29) is 18.1 Å². The summed E-state index contributed by atoms with van der Waals surface area (Å²) in [6, 6.07) is 4.45. The van der Waals surface area contributed by atoms with Crippen molar-refractivity contribution in [2.24, 2.45) is 17.8 Å². The predicted octanol–water partition coefficient (Wildman–Crippen LogP) is 7.96. The second-order valence-corrected chi connectivity index (χ2v) is 9.07. The molecule has 0 amide bonds. The van der Waals surface area contributed by atoms with Gasteiger partial charge in [0, 0.05) is 0 Å². The summed E-state index contributed by atoms with van der Waals surface area (Å²) >= 11 is 0. The van der Waals surface area contributed by atoms with Gasteiger partial charge in [0.15, 0.2) is 17.4 Å². The number of hydrogen-bond donors (Lipinski definition) is 0. The largest absolute Gasteiger partial charge is 0.483 e. The van der Waals surface area contributed by atoms with Crippen LogP contribution in [0.5, 0.6) is 5.75 Å². The van der Waals surface area contributed by atoms with E-state index in [2.05, 4.69) is 19.2 Å². The Balaban J connectivity index is 1.57. The van der Waals surface area contributed by atoms with Crippen molar-refractivity contribution in [2.75, 3.05) is 6.61 Å². The van der Waals surface area contributed by atoms with Crippen LogP contribution in [0.4, 0.5) is 17.6 Å². The zero-order chi connectivity index (χ0) is 22.8. The van der Waals surface area contributed by atoms with Crippen molar-refractivity contribution in [3.8, 4) is 16.9 Å². The summed E-state index contributed by atoms with van der Waals surface area (Å²) in [5.74, 6) is -2.33. The minimum absolute atomic E-state index is 0.0813. The molecular weight excluding hydrogens is 416 g/mol. The highest BCUT2D eigenvalue weighted by Gasteiger charge is 2.35. The molecule has 4 unspecified atom stereocenters. The number of fused-ring (bicyclic) bond motifs is 1. The van der Waals surface area contributed by atoms with Crippen LogP contribution < -0.4 is 4.74 Å². The van der Waals surface area contributed by atoms with Gasteiger partial charge in [-0.05, 0) is 97.6 Å². The number of halogens is 4. The molecule has 2 aromatic rings. The standard InChI is InChI=1S/C27H28F4O/c1-3-9-32-27-24(30)14-21(15-25(27)31)26-22(28)12-20(13-23(26)29)19-8-7-17-10-16(4-2)5-6-18(17)11-19/h3-4,12-19H,1-2,5-11H2. The first-order valence-corrected chi connectivity index (χ1v) is 11.3. The topological polar surface area (TPSA) is 9.23 Å². The van der Waals surface area contributed by atoms with Gasteiger partial charge < -0.3 is 4.74 Å². The first-order chi connectivity index (χ1) is 15.4. The fourth-order valence-corrected chi connectivity index (χ4v) is 5.53. The molecule has 1 nitrogen and oxygen atoms in total. The van der Waals surface area contributed by atoms with Gasteiger partial charge in [0.1, 0.15) is 18.2 Å². The third-order valence-corrected chi connectivity index (χ3v) is 7.16. The van der Waals surface area contributed by atoms with Crippen molar-refractivity contribution < 1.29 is 22.3 Å². The Bertz CT molecular complexity index is 969.